The Balaban J connectivity index is 1.40. The van der Waals surface area contributed by atoms with Crippen LogP contribution in [0.1, 0.15) is 52.5 Å². The number of nitrogens with two attached hydrogens (primary N) is 1. The summed E-state index contributed by atoms with van der Waals surface area (Å²) in [5, 5.41) is 3.66. The summed E-state index contributed by atoms with van der Waals surface area (Å²) in [4.78, 5) is 42.7. The molecule has 0 bridgehead atoms. The monoisotopic (exact) mass is 490 g/mol. The Morgan fingerprint density at radius 2 is 1.78 bits per heavy atom. The zero-order chi connectivity index (χ0) is 25.4. The highest BCUT2D eigenvalue weighted by Gasteiger charge is 2.25. The fourth-order valence-corrected chi connectivity index (χ4v) is 4.92. The predicted molar refractivity (Wildman–Crippen MR) is 131 cm³/mol. The highest BCUT2D eigenvalue weighted by atomic mass is 19.1. The minimum absolute atomic E-state index is 0.121. The fraction of sp³-hybridized carbons (Fsp3) is 0.222. The van der Waals surface area contributed by atoms with Crippen LogP contribution >= 0.6 is 0 Å². The van der Waals surface area contributed by atoms with Gasteiger partial charge in [0.2, 0.25) is 5.91 Å². The van der Waals surface area contributed by atoms with Gasteiger partial charge in [-0.1, -0.05) is 0 Å². The largest absolute Gasteiger partial charge is 0.365 e. The fourth-order valence-electron chi connectivity index (χ4n) is 4.92. The van der Waals surface area contributed by atoms with Crippen molar-refractivity contribution >= 4 is 22.7 Å². The van der Waals surface area contributed by atoms with Crippen LogP contribution < -0.4 is 16.6 Å². The molecule has 7 nitrogen and oxygen atoms in total. The van der Waals surface area contributed by atoms with E-state index < -0.39 is 17.3 Å². The Morgan fingerprint density at radius 3 is 2.53 bits per heavy atom. The topological polar surface area (TPSA) is 121 Å². The number of carbonyl (C=O) groups is 2. The third kappa shape index (κ3) is 4.51. The van der Waals surface area contributed by atoms with E-state index in [2.05, 4.69) is 15.3 Å². The van der Waals surface area contributed by atoms with Crippen molar-refractivity contribution < 1.29 is 18.4 Å². The van der Waals surface area contributed by atoms with Crippen LogP contribution in [0.2, 0.25) is 0 Å². The number of carbonyl (C=O) groups excluding carboxylic acids is 2. The van der Waals surface area contributed by atoms with E-state index in [-0.39, 0.29) is 29.8 Å². The number of aromatic nitrogens is 2. The zero-order valence-corrected chi connectivity index (χ0v) is 19.3. The van der Waals surface area contributed by atoms with Gasteiger partial charge in [-0.15, -0.1) is 0 Å². The molecule has 9 heteroatoms. The Kier molecular flexibility index (Phi) is 6.13. The van der Waals surface area contributed by atoms with Crippen LogP contribution in [0.3, 0.4) is 0 Å². The first-order valence-corrected chi connectivity index (χ1v) is 11.7. The molecular formula is C27H24F2N4O3. The van der Waals surface area contributed by atoms with Crippen LogP contribution in [0.5, 0.6) is 0 Å². The average Bonchev–Trinajstić information content (AvgIpc) is 3.20. The number of nitrogens with one attached hydrogen (secondary N) is 3. The summed E-state index contributed by atoms with van der Waals surface area (Å²) in [6.45, 7) is 0. The lowest BCUT2D eigenvalue weighted by molar-refractivity contribution is -0.121. The van der Waals surface area contributed by atoms with E-state index in [0.717, 1.165) is 23.1 Å². The van der Waals surface area contributed by atoms with E-state index in [1.54, 1.807) is 18.2 Å². The maximum atomic E-state index is 14.0. The minimum Gasteiger partial charge on any atom is -0.365 e. The lowest BCUT2D eigenvalue weighted by atomic mass is 9.90. The molecule has 1 atom stereocenters. The van der Waals surface area contributed by atoms with Crippen molar-refractivity contribution in [2.45, 2.75) is 38.1 Å². The quantitative estimate of drug-likeness (QED) is 0.327. The predicted octanol–water partition coefficient (Wildman–Crippen LogP) is 4.03. The summed E-state index contributed by atoms with van der Waals surface area (Å²) < 4.78 is 27.5. The Labute approximate surface area is 204 Å². The minimum atomic E-state index is -0.824. The lowest BCUT2D eigenvalue weighted by Gasteiger charge is -2.26. The Morgan fingerprint density at radius 1 is 1.03 bits per heavy atom. The maximum absolute atomic E-state index is 14.0. The molecule has 5 N–H and O–H groups in total. The van der Waals surface area contributed by atoms with Crippen LogP contribution in [0.25, 0.3) is 22.2 Å². The van der Waals surface area contributed by atoms with Gasteiger partial charge in [0, 0.05) is 28.7 Å². The number of pyridine rings is 1. The number of halogens is 2. The molecule has 184 valence electrons. The number of hydrogen-bond acceptors (Lipinski definition) is 3. The highest BCUT2D eigenvalue weighted by Crippen LogP contribution is 2.33. The number of hydrogen-bond donors (Lipinski definition) is 4. The number of benzene rings is 2. The van der Waals surface area contributed by atoms with Gasteiger partial charge in [-0.25, -0.2) is 8.78 Å². The van der Waals surface area contributed by atoms with E-state index in [0.29, 0.717) is 41.6 Å². The SMILES string of the molecule is NC(=O)c1cc2c([nH]c1=O)CCCC2NC(=O)CCc1c(-c2ccc(F)cc2)[nH]c2ccc(F)cc12. The molecule has 2 amide bonds. The molecule has 4 aromatic rings. The number of H-pyrrole nitrogens is 2. The van der Waals surface area contributed by atoms with E-state index in [1.807, 2.05) is 0 Å². The first-order valence-electron chi connectivity index (χ1n) is 11.7. The smallest absolute Gasteiger partial charge is 0.261 e. The Bertz CT molecular complexity index is 1540. The normalized spacial score (nSPS) is 15.0. The molecule has 0 spiro atoms. The van der Waals surface area contributed by atoms with Crippen molar-refractivity contribution in [1.29, 1.82) is 0 Å². The third-order valence-corrected chi connectivity index (χ3v) is 6.66. The number of amides is 2. The van der Waals surface area contributed by atoms with Crippen LogP contribution in [-0.2, 0) is 17.6 Å². The molecule has 5 rings (SSSR count). The Hall–Kier alpha value is -4.27. The summed E-state index contributed by atoms with van der Waals surface area (Å²) in [7, 11) is 0. The van der Waals surface area contributed by atoms with Crippen molar-refractivity contribution in [2.24, 2.45) is 5.73 Å². The van der Waals surface area contributed by atoms with E-state index >= 15 is 0 Å². The van der Waals surface area contributed by atoms with Crippen molar-refractivity contribution in [2.75, 3.05) is 0 Å². The van der Waals surface area contributed by atoms with Gasteiger partial charge in [-0.05, 0) is 90.9 Å². The summed E-state index contributed by atoms with van der Waals surface area (Å²) >= 11 is 0. The zero-order valence-electron chi connectivity index (χ0n) is 19.3. The molecular weight excluding hydrogens is 466 g/mol. The second kappa shape index (κ2) is 9.41. The summed E-state index contributed by atoms with van der Waals surface area (Å²) in [5.74, 6) is -1.81. The van der Waals surface area contributed by atoms with Gasteiger partial charge in [-0.2, -0.15) is 0 Å². The van der Waals surface area contributed by atoms with Gasteiger partial charge < -0.3 is 21.0 Å². The summed E-state index contributed by atoms with van der Waals surface area (Å²) in [6.07, 6.45) is 2.50. The molecule has 0 saturated heterocycles. The van der Waals surface area contributed by atoms with Gasteiger partial charge in [0.05, 0.1) is 6.04 Å². The molecule has 0 saturated carbocycles. The van der Waals surface area contributed by atoms with Crippen LogP contribution in [-0.4, -0.2) is 21.8 Å². The molecule has 2 aromatic carbocycles. The average molecular weight is 491 g/mol. The molecule has 1 aliphatic carbocycles. The molecule has 2 aromatic heterocycles. The van der Waals surface area contributed by atoms with Crippen LogP contribution in [0, 0.1) is 11.6 Å². The van der Waals surface area contributed by atoms with Crippen molar-refractivity contribution in [3.05, 3.63) is 92.9 Å². The first-order chi connectivity index (χ1) is 17.3. The second-order valence-corrected chi connectivity index (χ2v) is 9.00. The van der Waals surface area contributed by atoms with Gasteiger partial charge in [0.25, 0.3) is 11.5 Å². The number of rotatable bonds is 6. The second-order valence-electron chi connectivity index (χ2n) is 9.00. The molecule has 2 heterocycles. The standard InChI is InChI=1S/C27H24F2N4O3/c28-15-6-4-14(5-7-15)25-17(18-12-16(29)8-10-23(18)32-25)9-11-24(34)31-21-2-1-3-22-19(21)13-20(26(30)35)27(36)33-22/h4-8,10,12-13,21,32H,1-3,9,11H2,(H2,30,35)(H,31,34)(H,33,36). The molecule has 0 aliphatic heterocycles. The lowest BCUT2D eigenvalue weighted by Crippen LogP contribution is -2.34. The molecule has 1 aliphatic rings. The molecule has 36 heavy (non-hydrogen) atoms. The molecule has 1 unspecified atom stereocenters. The first kappa shape index (κ1) is 23.5. The van der Waals surface area contributed by atoms with Crippen LogP contribution in [0.15, 0.2) is 53.3 Å². The van der Waals surface area contributed by atoms with Gasteiger partial charge in [0.1, 0.15) is 17.2 Å². The number of aromatic amines is 2. The highest BCUT2D eigenvalue weighted by molar-refractivity contribution is 5.93. The van der Waals surface area contributed by atoms with E-state index in [1.165, 1.54) is 30.3 Å². The molecule has 0 radical (unpaired) electrons. The van der Waals surface area contributed by atoms with Gasteiger partial charge in [-0.3, -0.25) is 14.4 Å². The van der Waals surface area contributed by atoms with E-state index in [9.17, 15) is 23.2 Å². The maximum Gasteiger partial charge on any atom is 0.261 e. The van der Waals surface area contributed by atoms with Crippen molar-refractivity contribution in [3.8, 4) is 11.3 Å². The van der Waals surface area contributed by atoms with Crippen molar-refractivity contribution in [3.63, 3.8) is 0 Å². The number of aryl methyl sites for hydroxylation is 2. The van der Waals surface area contributed by atoms with Crippen LogP contribution in [0.4, 0.5) is 8.78 Å². The van der Waals surface area contributed by atoms with Gasteiger partial charge in [0.15, 0.2) is 0 Å². The van der Waals surface area contributed by atoms with Crippen molar-refractivity contribution in [1.82, 2.24) is 15.3 Å². The molecule has 0 fully saturated rings. The summed E-state index contributed by atoms with van der Waals surface area (Å²) in [5.41, 5.74) is 8.94. The number of fused-ring (bicyclic) bond motifs is 2. The number of primary amides is 1. The van der Waals surface area contributed by atoms with Gasteiger partial charge >= 0.3 is 0 Å². The summed E-state index contributed by atoms with van der Waals surface area (Å²) in [6, 6.07) is 11.5. The third-order valence-electron chi connectivity index (χ3n) is 6.66. The van der Waals surface area contributed by atoms with E-state index in [4.69, 9.17) is 5.73 Å².